The Labute approximate surface area is 173 Å². The first-order valence-electron chi connectivity index (χ1n) is 9.37. The SMILES string of the molecule is CN(C)S(=O)(=O)c1ccc(C(=O)N2CCc3[nH]c4ccc(C(=O)O)cc4c3C2)cc1. The van der Waals surface area contributed by atoms with Crippen LogP contribution in [0.3, 0.4) is 0 Å². The molecular formula is C21H21N3O5S. The number of benzene rings is 2. The van der Waals surface area contributed by atoms with Gasteiger partial charge in [0, 0.05) is 61.3 Å². The summed E-state index contributed by atoms with van der Waals surface area (Å²) in [5.74, 6) is -1.19. The van der Waals surface area contributed by atoms with E-state index in [1.165, 1.54) is 38.4 Å². The zero-order chi connectivity index (χ0) is 21.6. The van der Waals surface area contributed by atoms with Crippen LogP contribution in [0.2, 0.25) is 0 Å². The van der Waals surface area contributed by atoms with Crippen molar-refractivity contribution in [1.82, 2.24) is 14.2 Å². The summed E-state index contributed by atoms with van der Waals surface area (Å²) < 4.78 is 25.5. The molecule has 3 aromatic rings. The molecule has 1 aliphatic heterocycles. The van der Waals surface area contributed by atoms with Gasteiger partial charge in [0.05, 0.1) is 10.5 Å². The van der Waals surface area contributed by atoms with Crippen LogP contribution < -0.4 is 0 Å². The molecular weight excluding hydrogens is 406 g/mol. The monoisotopic (exact) mass is 427 g/mol. The molecule has 0 saturated heterocycles. The van der Waals surface area contributed by atoms with Crippen molar-refractivity contribution in [2.24, 2.45) is 0 Å². The highest BCUT2D eigenvalue weighted by Crippen LogP contribution is 2.29. The van der Waals surface area contributed by atoms with Crippen LogP contribution >= 0.6 is 0 Å². The minimum absolute atomic E-state index is 0.128. The highest BCUT2D eigenvalue weighted by atomic mass is 32.2. The third-order valence-corrected chi connectivity index (χ3v) is 7.22. The zero-order valence-electron chi connectivity index (χ0n) is 16.5. The van der Waals surface area contributed by atoms with Crippen LogP contribution in [0.15, 0.2) is 47.4 Å². The number of nitrogens with zero attached hydrogens (tertiary/aromatic N) is 2. The fraction of sp³-hybridized carbons (Fsp3) is 0.238. The van der Waals surface area contributed by atoms with Gasteiger partial charge in [-0.05, 0) is 42.5 Å². The third kappa shape index (κ3) is 3.35. The zero-order valence-corrected chi connectivity index (χ0v) is 17.4. The lowest BCUT2D eigenvalue weighted by Gasteiger charge is -2.27. The predicted octanol–water partition coefficient (Wildman–Crippen LogP) is 2.31. The van der Waals surface area contributed by atoms with E-state index < -0.39 is 16.0 Å². The van der Waals surface area contributed by atoms with E-state index in [0.29, 0.717) is 25.1 Å². The molecule has 0 unspecified atom stereocenters. The van der Waals surface area contributed by atoms with E-state index in [9.17, 15) is 23.1 Å². The summed E-state index contributed by atoms with van der Waals surface area (Å²) in [4.78, 5) is 29.4. The van der Waals surface area contributed by atoms with Crippen molar-refractivity contribution in [1.29, 1.82) is 0 Å². The van der Waals surface area contributed by atoms with Gasteiger partial charge in [-0.15, -0.1) is 0 Å². The maximum absolute atomic E-state index is 13.0. The molecule has 0 saturated carbocycles. The Morgan fingerprint density at radius 1 is 1.07 bits per heavy atom. The highest BCUT2D eigenvalue weighted by Gasteiger charge is 2.26. The van der Waals surface area contributed by atoms with Crippen molar-refractivity contribution in [2.45, 2.75) is 17.9 Å². The van der Waals surface area contributed by atoms with E-state index in [2.05, 4.69) is 4.98 Å². The molecule has 0 spiro atoms. The molecule has 8 nitrogen and oxygen atoms in total. The van der Waals surface area contributed by atoms with E-state index in [4.69, 9.17) is 0 Å². The number of carboxylic acid groups (broad SMARTS) is 1. The molecule has 2 heterocycles. The number of hydrogen-bond donors (Lipinski definition) is 2. The van der Waals surface area contributed by atoms with Gasteiger partial charge in [0.25, 0.3) is 5.91 Å². The molecule has 0 radical (unpaired) electrons. The second kappa shape index (κ2) is 7.26. The van der Waals surface area contributed by atoms with E-state index >= 15 is 0 Å². The lowest BCUT2D eigenvalue weighted by Crippen LogP contribution is -2.35. The lowest BCUT2D eigenvalue weighted by atomic mass is 10.0. The van der Waals surface area contributed by atoms with Gasteiger partial charge in [0.15, 0.2) is 0 Å². The normalized spacial score (nSPS) is 14.2. The summed E-state index contributed by atoms with van der Waals surface area (Å²) >= 11 is 0. The minimum Gasteiger partial charge on any atom is -0.478 e. The molecule has 156 valence electrons. The van der Waals surface area contributed by atoms with Gasteiger partial charge in [0.2, 0.25) is 10.0 Å². The molecule has 0 bridgehead atoms. The van der Waals surface area contributed by atoms with Crippen LogP contribution in [0, 0.1) is 0 Å². The van der Waals surface area contributed by atoms with Crippen molar-refractivity contribution < 1.29 is 23.1 Å². The highest BCUT2D eigenvalue weighted by molar-refractivity contribution is 7.89. The molecule has 1 amide bonds. The summed E-state index contributed by atoms with van der Waals surface area (Å²) in [6.07, 6.45) is 0.630. The average Bonchev–Trinajstić information content (AvgIpc) is 3.10. The fourth-order valence-corrected chi connectivity index (χ4v) is 4.59. The Morgan fingerprint density at radius 2 is 1.73 bits per heavy atom. The van der Waals surface area contributed by atoms with Gasteiger partial charge >= 0.3 is 5.97 Å². The Balaban J connectivity index is 1.61. The van der Waals surface area contributed by atoms with Crippen molar-refractivity contribution in [3.8, 4) is 0 Å². The Morgan fingerprint density at radius 3 is 2.37 bits per heavy atom. The first-order chi connectivity index (χ1) is 14.2. The number of H-pyrrole nitrogens is 1. The summed E-state index contributed by atoms with van der Waals surface area (Å²) in [5.41, 5.74) is 3.37. The van der Waals surface area contributed by atoms with Crippen LogP contribution in [0.5, 0.6) is 0 Å². The van der Waals surface area contributed by atoms with E-state index in [1.807, 2.05) is 0 Å². The second-order valence-electron chi connectivity index (χ2n) is 7.44. The smallest absolute Gasteiger partial charge is 0.335 e. The van der Waals surface area contributed by atoms with Crippen LogP contribution in [0.4, 0.5) is 0 Å². The number of aromatic amines is 1. The largest absolute Gasteiger partial charge is 0.478 e. The van der Waals surface area contributed by atoms with Gasteiger partial charge in [0.1, 0.15) is 0 Å². The molecule has 30 heavy (non-hydrogen) atoms. The Bertz CT molecular complexity index is 1260. The van der Waals surface area contributed by atoms with Crippen molar-refractivity contribution in [3.63, 3.8) is 0 Å². The Hall–Kier alpha value is -3.17. The predicted molar refractivity (Wildman–Crippen MR) is 111 cm³/mol. The van der Waals surface area contributed by atoms with Gasteiger partial charge in [-0.25, -0.2) is 17.5 Å². The summed E-state index contributed by atoms with van der Waals surface area (Å²) in [7, 11) is -0.646. The van der Waals surface area contributed by atoms with Crippen molar-refractivity contribution in [3.05, 3.63) is 64.8 Å². The number of hydrogen-bond acceptors (Lipinski definition) is 4. The van der Waals surface area contributed by atoms with Crippen LogP contribution in [-0.2, 0) is 23.0 Å². The Kier molecular flexibility index (Phi) is 4.87. The summed E-state index contributed by atoms with van der Waals surface area (Å²) in [6.45, 7) is 0.872. The number of amides is 1. The lowest BCUT2D eigenvalue weighted by molar-refractivity contribution is 0.0694. The molecule has 0 atom stereocenters. The molecule has 4 rings (SSSR count). The standard InChI is InChI=1S/C21H21N3O5S/c1-23(2)30(28,29)15-6-3-13(4-7-15)20(25)24-10-9-19-17(12-24)16-11-14(21(26)27)5-8-18(16)22-19/h3-8,11,22H,9-10,12H2,1-2H3,(H,26,27). The van der Waals surface area contributed by atoms with Crippen LogP contribution in [-0.4, -0.2) is 60.2 Å². The number of sulfonamides is 1. The van der Waals surface area contributed by atoms with E-state index in [-0.39, 0.29) is 16.4 Å². The fourth-order valence-electron chi connectivity index (χ4n) is 3.68. The van der Waals surface area contributed by atoms with Gasteiger partial charge in [-0.3, -0.25) is 4.79 Å². The number of carboxylic acids is 1. The summed E-state index contributed by atoms with van der Waals surface area (Å²) in [5, 5.41) is 10.1. The quantitative estimate of drug-likeness (QED) is 0.664. The van der Waals surface area contributed by atoms with Crippen molar-refractivity contribution in [2.75, 3.05) is 20.6 Å². The molecule has 2 aromatic carbocycles. The van der Waals surface area contributed by atoms with E-state index in [1.54, 1.807) is 23.1 Å². The minimum atomic E-state index is -3.56. The number of nitrogens with one attached hydrogen (secondary N) is 1. The van der Waals surface area contributed by atoms with Gasteiger partial charge in [-0.1, -0.05) is 0 Å². The number of rotatable bonds is 4. The first-order valence-corrected chi connectivity index (χ1v) is 10.8. The second-order valence-corrected chi connectivity index (χ2v) is 9.59. The molecule has 1 aliphatic rings. The number of aromatic nitrogens is 1. The van der Waals surface area contributed by atoms with Crippen LogP contribution in [0.1, 0.15) is 32.0 Å². The number of fused-ring (bicyclic) bond motifs is 3. The van der Waals surface area contributed by atoms with Crippen molar-refractivity contribution >= 4 is 32.8 Å². The topological polar surface area (TPSA) is 111 Å². The van der Waals surface area contributed by atoms with Crippen LogP contribution in [0.25, 0.3) is 10.9 Å². The third-order valence-electron chi connectivity index (χ3n) is 5.39. The number of carbonyl (C=O) groups excluding carboxylic acids is 1. The number of aromatic carboxylic acids is 1. The molecule has 0 fully saturated rings. The molecule has 2 N–H and O–H groups in total. The van der Waals surface area contributed by atoms with E-state index in [0.717, 1.165) is 26.5 Å². The molecule has 9 heteroatoms. The average molecular weight is 427 g/mol. The molecule has 0 aliphatic carbocycles. The molecule has 1 aromatic heterocycles. The first kappa shape index (κ1) is 20.1. The number of carbonyl (C=O) groups is 2. The van der Waals surface area contributed by atoms with Gasteiger partial charge < -0.3 is 15.0 Å². The maximum atomic E-state index is 13.0. The summed E-state index contributed by atoms with van der Waals surface area (Å²) in [6, 6.07) is 10.8. The van der Waals surface area contributed by atoms with Gasteiger partial charge in [-0.2, -0.15) is 0 Å². The maximum Gasteiger partial charge on any atom is 0.335 e.